The Bertz CT molecular complexity index is 1570. The molecule has 4 aromatic rings. The van der Waals surface area contributed by atoms with Crippen LogP contribution in [0.1, 0.15) is 36.0 Å². The smallest absolute Gasteiger partial charge is 0.254 e. The molecule has 0 saturated carbocycles. The highest BCUT2D eigenvalue weighted by atomic mass is 19.1. The van der Waals surface area contributed by atoms with E-state index in [1.165, 1.54) is 25.0 Å². The first kappa shape index (κ1) is 24.8. The molecule has 1 atom stereocenters. The normalized spacial score (nSPS) is 18.5. The van der Waals surface area contributed by atoms with E-state index in [-0.39, 0.29) is 24.6 Å². The number of hydrogen-bond donors (Lipinski definition) is 1. The van der Waals surface area contributed by atoms with Gasteiger partial charge in [0.05, 0.1) is 11.1 Å². The van der Waals surface area contributed by atoms with E-state index in [1.807, 2.05) is 42.5 Å². The zero-order valence-electron chi connectivity index (χ0n) is 22.2. The minimum atomic E-state index is -0.304. The number of carbonyl (C=O) groups is 1. The van der Waals surface area contributed by atoms with Crippen molar-refractivity contribution >= 4 is 28.3 Å². The van der Waals surface area contributed by atoms with E-state index in [9.17, 15) is 9.18 Å². The highest BCUT2D eigenvalue weighted by Gasteiger charge is 2.32. The van der Waals surface area contributed by atoms with E-state index in [4.69, 9.17) is 14.5 Å². The number of halogens is 1. The van der Waals surface area contributed by atoms with Crippen LogP contribution >= 0.6 is 0 Å². The highest BCUT2D eigenvalue weighted by Crippen LogP contribution is 2.37. The first-order chi connectivity index (χ1) is 19.6. The second kappa shape index (κ2) is 10.4. The van der Waals surface area contributed by atoms with Crippen LogP contribution in [0.3, 0.4) is 0 Å². The highest BCUT2D eigenvalue weighted by molar-refractivity contribution is 6.08. The van der Waals surface area contributed by atoms with Crippen molar-refractivity contribution in [1.82, 2.24) is 14.8 Å². The van der Waals surface area contributed by atoms with E-state index in [1.54, 1.807) is 12.1 Å². The Morgan fingerprint density at radius 1 is 0.900 bits per heavy atom. The van der Waals surface area contributed by atoms with Crippen molar-refractivity contribution in [1.29, 1.82) is 0 Å². The number of nitrogens with zero attached hydrogens (tertiary/aromatic N) is 3. The molecule has 1 aromatic heterocycles. The lowest BCUT2D eigenvalue weighted by Gasteiger charge is -2.29. The van der Waals surface area contributed by atoms with Gasteiger partial charge in [0.2, 0.25) is 6.79 Å². The number of rotatable bonds is 6. The Morgan fingerprint density at radius 2 is 1.68 bits per heavy atom. The third-order valence-corrected chi connectivity index (χ3v) is 8.17. The molecular weight excluding hydrogens is 507 g/mol. The topological polar surface area (TPSA) is 66.9 Å². The SMILES string of the molecule is O=C(c1cc(Nc2ccc(F)cc2)nc2ccc(-c3ccc4c(c3)OCO4)cc12)N1CCC[C@H]1CN1CCCC1. The molecule has 204 valence electrons. The number of carbonyl (C=O) groups excluding carboxylic acids is 1. The number of aromatic nitrogens is 1. The van der Waals surface area contributed by atoms with Crippen LogP contribution in [-0.4, -0.2) is 59.7 Å². The van der Waals surface area contributed by atoms with E-state index in [0.717, 1.165) is 66.8 Å². The van der Waals surface area contributed by atoms with Crippen LogP contribution in [0.25, 0.3) is 22.0 Å². The van der Waals surface area contributed by atoms with Crippen LogP contribution in [-0.2, 0) is 0 Å². The zero-order chi connectivity index (χ0) is 27.1. The Kier molecular flexibility index (Phi) is 6.48. The van der Waals surface area contributed by atoms with Gasteiger partial charge >= 0.3 is 0 Å². The molecule has 40 heavy (non-hydrogen) atoms. The summed E-state index contributed by atoms with van der Waals surface area (Å²) in [6.07, 6.45) is 4.50. The minimum Gasteiger partial charge on any atom is -0.454 e. The molecule has 0 radical (unpaired) electrons. The van der Waals surface area contributed by atoms with Gasteiger partial charge in [-0.15, -0.1) is 0 Å². The first-order valence-corrected chi connectivity index (χ1v) is 14.0. The van der Waals surface area contributed by atoms with Gasteiger partial charge in [-0.3, -0.25) is 4.79 Å². The van der Waals surface area contributed by atoms with Crippen molar-refractivity contribution in [3.8, 4) is 22.6 Å². The van der Waals surface area contributed by atoms with Crippen LogP contribution in [0.15, 0.2) is 66.7 Å². The van der Waals surface area contributed by atoms with Gasteiger partial charge in [-0.25, -0.2) is 9.37 Å². The van der Waals surface area contributed by atoms with Gasteiger partial charge in [0, 0.05) is 30.2 Å². The number of fused-ring (bicyclic) bond motifs is 2. The fourth-order valence-corrected chi connectivity index (χ4v) is 6.11. The number of likely N-dealkylation sites (tertiary alicyclic amines) is 2. The van der Waals surface area contributed by atoms with Crippen molar-refractivity contribution in [2.45, 2.75) is 31.7 Å². The maximum atomic E-state index is 14.3. The summed E-state index contributed by atoms with van der Waals surface area (Å²) in [5.74, 6) is 1.72. The third kappa shape index (κ3) is 4.84. The standard InChI is InChI=1S/C32H31FN4O3/c33-23-7-9-24(10-8-23)34-31-18-27(32(38)37-15-3-4-25(37)19-36-13-1-2-14-36)26-16-21(5-11-28(26)35-31)22-6-12-29-30(17-22)40-20-39-29/h5-12,16-18,25H,1-4,13-15,19-20H2,(H,34,35)/t25-/m0/s1. The molecule has 3 aliphatic rings. The van der Waals surface area contributed by atoms with Crippen LogP contribution in [0.2, 0.25) is 0 Å². The van der Waals surface area contributed by atoms with Crippen LogP contribution in [0.4, 0.5) is 15.9 Å². The second-order valence-corrected chi connectivity index (χ2v) is 10.8. The molecule has 7 rings (SSSR count). The maximum absolute atomic E-state index is 14.3. The number of nitrogens with one attached hydrogen (secondary N) is 1. The zero-order valence-corrected chi connectivity index (χ0v) is 22.2. The summed E-state index contributed by atoms with van der Waals surface area (Å²) >= 11 is 0. The van der Waals surface area contributed by atoms with Crippen molar-refractivity contribution < 1.29 is 18.7 Å². The molecule has 4 heterocycles. The van der Waals surface area contributed by atoms with Crippen LogP contribution in [0, 0.1) is 5.82 Å². The molecular formula is C32H31FN4O3. The van der Waals surface area contributed by atoms with Gasteiger partial charge in [-0.2, -0.15) is 0 Å². The largest absolute Gasteiger partial charge is 0.454 e. The van der Waals surface area contributed by atoms with E-state index in [0.29, 0.717) is 22.8 Å². The van der Waals surface area contributed by atoms with Gasteiger partial charge in [0.15, 0.2) is 11.5 Å². The molecule has 0 bridgehead atoms. The quantitative estimate of drug-likeness (QED) is 0.315. The Hall–Kier alpha value is -4.17. The van der Waals surface area contributed by atoms with Crippen LogP contribution < -0.4 is 14.8 Å². The Morgan fingerprint density at radius 3 is 2.52 bits per heavy atom. The lowest BCUT2D eigenvalue weighted by molar-refractivity contribution is 0.0710. The summed E-state index contributed by atoms with van der Waals surface area (Å²) < 4.78 is 24.6. The summed E-state index contributed by atoms with van der Waals surface area (Å²) in [5, 5.41) is 4.07. The number of pyridine rings is 1. The first-order valence-electron chi connectivity index (χ1n) is 14.0. The van der Waals surface area contributed by atoms with Crippen molar-refractivity contribution in [3.63, 3.8) is 0 Å². The minimum absolute atomic E-state index is 0.0269. The summed E-state index contributed by atoms with van der Waals surface area (Å²) in [6, 6.07) is 20.1. The molecule has 1 amide bonds. The molecule has 1 N–H and O–H groups in total. The molecule has 0 spiro atoms. The predicted molar refractivity (Wildman–Crippen MR) is 153 cm³/mol. The summed E-state index contributed by atoms with van der Waals surface area (Å²) in [6.45, 7) is 4.13. The van der Waals surface area contributed by atoms with Crippen LogP contribution in [0.5, 0.6) is 11.5 Å². The Labute approximate surface area is 232 Å². The van der Waals surface area contributed by atoms with Crippen molar-refractivity contribution in [2.75, 3.05) is 38.3 Å². The molecule has 3 aliphatic heterocycles. The van der Waals surface area contributed by atoms with Gasteiger partial charge in [0.1, 0.15) is 11.6 Å². The lowest BCUT2D eigenvalue weighted by atomic mass is 9.99. The summed E-state index contributed by atoms with van der Waals surface area (Å²) in [5.41, 5.74) is 3.99. The van der Waals surface area contributed by atoms with E-state index < -0.39 is 0 Å². The average Bonchev–Trinajstić information content (AvgIpc) is 3.76. The fourth-order valence-electron chi connectivity index (χ4n) is 6.11. The lowest BCUT2D eigenvalue weighted by Crippen LogP contribution is -2.42. The molecule has 0 aliphatic carbocycles. The van der Waals surface area contributed by atoms with E-state index in [2.05, 4.69) is 15.1 Å². The number of ether oxygens (including phenoxy) is 2. The monoisotopic (exact) mass is 538 g/mol. The summed E-state index contributed by atoms with van der Waals surface area (Å²) in [7, 11) is 0. The van der Waals surface area contributed by atoms with Gasteiger partial charge in [-0.05, 0) is 104 Å². The predicted octanol–water partition coefficient (Wildman–Crippen LogP) is 6.21. The number of anilines is 2. The molecule has 8 heteroatoms. The maximum Gasteiger partial charge on any atom is 0.254 e. The average molecular weight is 539 g/mol. The molecule has 3 aromatic carbocycles. The Balaban J connectivity index is 1.28. The summed E-state index contributed by atoms with van der Waals surface area (Å²) in [4.78, 5) is 23.6. The third-order valence-electron chi connectivity index (χ3n) is 8.17. The molecule has 2 saturated heterocycles. The van der Waals surface area contributed by atoms with Gasteiger partial charge < -0.3 is 24.6 Å². The van der Waals surface area contributed by atoms with Crippen molar-refractivity contribution in [3.05, 3.63) is 78.1 Å². The second-order valence-electron chi connectivity index (χ2n) is 10.8. The van der Waals surface area contributed by atoms with Gasteiger partial charge in [-0.1, -0.05) is 12.1 Å². The fraction of sp³-hybridized carbons (Fsp3) is 0.312. The molecule has 7 nitrogen and oxygen atoms in total. The number of hydrogen-bond acceptors (Lipinski definition) is 6. The molecule has 2 fully saturated rings. The van der Waals surface area contributed by atoms with Crippen molar-refractivity contribution in [2.24, 2.45) is 0 Å². The van der Waals surface area contributed by atoms with E-state index >= 15 is 0 Å². The number of amides is 1. The molecule has 0 unspecified atom stereocenters. The van der Waals surface area contributed by atoms with Gasteiger partial charge in [0.25, 0.3) is 5.91 Å². The number of benzene rings is 3.